The summed E-state index contributed by atoms with van der Waals surface area (Å²) in [7, 11) is 0. The molecule has 96 valence electrons. The lowest BCUT2D eigenvalue weighted by atomic mass is 10.1. The molecule has 1 unspecified atom stereocenters. The molecule has 5 heteroatoms. The molecule has 0 saturated carbocycles. The van der Waals surface area contributed by atoms with Crippen molar-refractivity contribution in [1.29, 1.82) is 0 Å². The highest BCUT2D eigenvalue weighted by molar-refractivity contribution is 8.01. The first kappa shape index (κ1) is 13.9. The normalized spacial score (nSPS) is 12.6. The van der Waals surface area contributed by atoms with Crippen LogP contribution in [0.15, 0.2) is 39.0 Å². The Morgan fingerprint density at radius 2 is 2.33 bits per heavy atom. The number of thiazole rings is 1. The van der Waals surface area contributed by atoms with Gasteiger partial charge >= 0.3 is 0 Å². The van der Waals surface area contributed by atoms with Gasteiger partial charge in [0.05, 0.1) is 0 Å². The van der Waals surface area contributed by atoms with Gasteiger partial charge in [-0.2, -0.15) is 0 Å². The lowest BCUT2D eigenvalue weighted by molar-refractivity contribution is 0.641. The third kappa shape index (κ3) is 3.72. The van der Waals surface area contributed by atoms with E-state index >= 15 is 0 Å². The van der Waals surface area contributed by atoms with Gasteiger partial charge < -0.3 is 5.73 Å². The van der Waals surface area contributed by atoms with E-state index in [1.54, 1.807) is 23.1 Å². The number of rotatable bonds is 5. The van der Waals surface area contributed by atoms with Crippen molar-refractivity contribution in [3.8, 4) is 0 Å². The van der Waals surface area contributed by atoms with Crippen LogP contribution in [0.25, 0.3) is 0 Å². The van der Waals surface area contributed by atoms with Crippen LogP contribution in [0.1, 0.15) is 18.9 Å². The Balaban J connectivity index is 2.23. The first-order valence-electron chi connectivity index (χ1n) is 5.80. The predicted octanol–water partition coefficient (Wildman–Crippen LogP) is 4.23. The lowest BCUT2D eigenvalue weighted by Gasteiger charge is -2.12. The zero-order valence-corrected chi connectivity index (χ0v) is 12.5. The van der Waals surface area contributed by atoms with Gasteiger partial charge in [-0.05, 0) is 30.5 Å². The van der Waals surface area contributed by atoms with Crippen molar-refractivity contribution >= 4 is 34.7 Å². The summed E-state index contributed by atoms with van der Waals surface area (Å²) in [6, 6.07) is 6.17. The molecule has 1 aromatic carbocycles. The Hall–Kier alpha value is -0.550. The van der Waals surface area contributed by atoms with E-state index in [2.05, 4.69) is 18.0 Å². The number of nitrogens with two attached hydrogens (primary N) is 1. The average molecular weight is 299 g/mol. The quantitative estimate of drug-likeness (QED) is 0.898. The van der Waals surface area contributed by atoms with Crippen LogP contribution in [0.2, 0.25) is 5.02 Å². The number of nitrogens with zero attached hydrogens (tertiary/aromatic N) is 1. The van der Waals surface area contributed by atoms with Crippen molar-refractivity contribution in [2.45, 2.75) is 35.0 Å². The maximum atomic E-state index is 6.07. The molecule has 0 aliphatic rings. The van der Waals surface area contributed by atoms with Gasteiger partial charge in [0.2, 0.25) is 0 Å². The maximum Gasteiger partial charge on any atom is 0.154 e. The summed E-state index contributed by atoms with van der Waals surface area (Å²) in [6.45, 7) is 2.11. The van der Waals surface area contributed by atoms with Gasteiger partial charge in [-0.25, -0.2) is 4.98 Å². The number of aromatic nitrogens is 1. The number of benzene rings is 1. The monoisotopic (exact) mass is 298 g/mol. The van der Waals surface area contributed by atoms with Crippen molar-refractivity contribution < 1.29 is 0 Å². The fraction of sp³-hybridized carbons (Fsp3) is 0.308. The number of hydrogen-bond acceptors (Lipinski definition) is 4. The van der Waals surface area contributed by atoms with Gasteiger partial charge in [-0.15, -0.1) is 11.3 Å². The molecule has 1 aromatic heterocycles. The standard InChI is InChI=1S/C13H15ClN2S2/c1-2-11(15)7-9-3-4-10(14)8-12(9)18-13-16-5-6-17-13/h3-6,8,11H,2,7,15H2,1H3. The summed E-state index contributed by atoms with van der Waals surface area (Å²) in [5.41, 5.74) is 7.27. The van der Waals surface area contributed by atoms with Gasteiger partial charge in [0.1, 0.15) is 0 Å². The van der Waals surface area contributed by atoms with E-state index in [9.17, 15) is 0 Å². The molecule has 0 saturated heterocycles. The Bertz CT molecular complexity index is 500. The van der Waals surface area contributed by atoms with Crippen LogP contribution < -0.4 is 5.73 Å². The molecule has 0 spiro atoms. The van der Waals surface area contributed by atoms with Crippen molar-refractivity contribution in [1.82, 2.24) is 4.98 Å². The Morgan fingerprint density at radius 3 is 3.00 bits per heavy atom. The predicted molar refractivity (Wildman–Crippen MR) is 79.7 cm³/mol. The van der Waals surface area contributed by atoms with Crippen molar-refractivity contribution in [3.05, 3.63) is 40.4 Å². The lowest BCUT2D eigenvalue weighted by Crippen LogP contribution is -2.21. The van der Waals surface area contributed by atoms with E-state index in [4.69, 9.17) is 17.3 Å². The van der Waals surface area contributed by atoms with Crippen LogP contribution in [0, 0.1) is 0 Å². The Morgan fingerprint density at radius 1 is 1.50 bits per heavy atom. The molecule has 0 bridgehead atoms. The topological polar surface area (TPSA) is 38.9 Å². The number of halogens is 1. The highest BCUT2D eigenvalue weighted by Gasteiger charge is 2.10. The van der Waals surface area contributed by atoms with Gasteiger partial charge in [0, 0.05) is 27.5 Å². The number of hydrogen-bond donors (Lipinski definition) is 1. The third-order valence-electron chi connectivity index (χ3n) is 2.64. The van der Waals surface area contributed by atoms with Gasteiger partial charge in [0.25, 0.3) is 0 Å². The third-order valence-corrected chi connectivity index (χ3v) is 4.86. The maximum absolute atomic E-state index is 6.07. The fourth-order valence-corrected chi connectivity index (χ4v) is 3.57. The molecular weight excluding hydrogens is 284 g/mol. The first-order chi connectivity index (χ1) is 8.69. The summed E-state index contributed by atoms with van der Waals surface area (Å²) >= 11 is 9.36. The molecule has 18 heavy (non-hydrogen) atoms. The van der Waals surface area contributed by atoms with Gasteiger partial charge in [-0.1, -0.05) is 36.4 Å². The van der Waals surface area contributed by atoms with E-state index in [1.807, 2.05) is 23.7 Å². The van der Waals surface area contributed by atoms with E-state index in [-0.39, 0.29) is 6.04 Å². The zero-order valence-electron chi connectivity index (χ0n) is 10.1. The zero-order chi connectivity index (χ0) is 13.0. The van der Waals surface area contributed by atoms with E-state index < -0.39 is 0 Å². The molecule has 0 amide bonds. The summed E-state index contributed by atoms with van der Waals surface area (Å²) in [4.78, 5) is 5.44. The Labute approximate surface area is 121 Å². The molecule has 0 fully saturated rings. The van der Waals surface area contributed by atoms with Crippen LogP contribution in [-0.2, 0) is 6.42 Å². The van der Waals surface area contributed by atoms with Crippen LogP contribution in [0.4, 0.5) is 0 Å². The smallest absolute Gasteiger partial charge is 0.154 e. The minimum atomic E-state index is 0.196. The summed E-state index contributed by atoms with van der Waals surface area (Å²) in [6.07, 6.45) is 3.67. The molecule has 0 aliphatic heterocycles. The highest BCUT2D eigenvalue weighted by Crippen LogP contribution is 2.34. The summed E-state index contributed by atoms with van der Waals surface area (Å²) in [5.74, 6) is 0. The molecule has 1 atom stereocenters. The molecule has 0 radical (unpaired) electrons. The second-order valence-corrected chi connectivity index (χ2v) is 6.64. The van der Waals surface area contributed by atoms with Crippen LogP contribution in [0.5, 0.6) is 0 Å². The summed E-state index contributed by atoms with van der Waals surface area (Å²) in [5, 5.41) is 2.73. The largest absolute Gasteiger partial charge is 0.327 e. The first-order valence-corrected chi connectivity index (χ1v) is 7.87. The van der Waals surface area contributed by atoms with E-state index in [0.717, 1.165) is 27.1 Å². The second-order valence-electron chi connectivity index (χ2n) is 4.02. The Kier molecular flexibility index (Phi) is 5.06. The van der Waals surface area contributed by atoms with Gasteiger partial charge in [0.15, 0.2) is 4.34 Å². The van der Waals surface area contributed by atoms with E-state index in [0.29, 0.717) is 0 Å². The fourth-order valence-electron chi connectivity index (χ4n) is 1.57. The molecular formula is C13H15ClN2S2. The average Bonchev–Trinajstić information content (AvgIpc) is 2.85. The minimum absolute atomic E-state index is 0.196. The van der Waals surface area contributed by atoms with Gasteiger partial charge in [-0.3, -0.25) is 0 Å². The molecule has 2 aromatic rings. The molecule has 2 nitrogen and oxygen atoms in total. The van der Waals surface area contributed by atoms with Crippen LogP contribution >= 0.6 is 34.7 Å². The van der Waals surface area contributed by atoms with Crippen LogP contribution in [-0.4, -0.2) is 11.0 Å². The second kappa shape index (κ2) is 6.57. The van der Waals surface area contributed by atoms with Crippen molar-refractivity contribution in [2.75, 3.05) is 0 Å². The molecule has 0 aliphatic carbocycles. The molecule has 2 rings (SSSR count). The molecule has 1 heterocycles. The van der Waals surface area contributed by atoms with E-state index in [1.165, 1.54) is 5.56 Å². The van der Waals surface area contributed by atoms with Crippen molar-refractivity contribution in [2.24, 2.45) is 5.73 Å². The summed E-state index contributed by atoms with van der Waals surface area (Å²) < 4.78 is 1.03. The highest BCUT2D eigenvalue weighted by atomic mass is 35.5. The SMILES string of the molecule is CCC(N)Cc1ccc(Cl)cc1Sc1nccs1. The van der Waals surface area contributed by atoms with Crippen LogP contribution in [0.3, 0.4) is 0 Å². The minimum Gasteiger partial charge on any atom is -0.327 e. The molecule has 2 N–H and O–H groups in total. The van der Waals surface area contributed by atoms with Crippen molar-refractivity contribution in [3.63, 3.8) is 0 Å².